The highest BCUT2D eigenvalue weighted by atomic mass is 16.4. The van der Waals surface area contributed by atoms with Crippen LogP contribution in [0, 0.1) is 0 Å². The molecule has 0 unspecified atom stereocenters. The van der Waals surface area contributed by atoms with Gasteiger partial charge in [-0.15, -0.1) is 0 Å². The fourth-order valence-corrected chi connectivity index (χ4v) is 1.79. The molecule has 0 fully saturated rings. The molecule has 4 heteroatoms. The summed E-state index contributed by atoms with van der Waals surface area (Å²) in [6.07, 6.45) is 0.575. The molecule has 0 aliphatic heterocycles. The zero-order chi connectivity index (χ0) is 12.8. The van der Waals surface area contributed by atoms with Crippen molar-refractivity contribution in [2.24, 2.45) is 5.73 Å². The van der Waals surface area contributed by atoms with Gasteiger partial charge in [0.15, 0.2) is 0 Å². The topological polar surface area (TPSA) is 79.1 Å². The molecule has 1 aromatic heterocycles. The summed E-state index contributed by atoms with van der Waals surface area (Å²) in [4.78, 5) is 13.9. The van der Waals surface area contributed by atoms with Crippen molar-refractivity contribution in [2.75, 3.05) is 6.54 Å². The average Bonchev–Trinajstić information content (AvgIpc) is 2.72. The van der Waals surface area contributed by atoms with Gasteiger partial charge in [-0.1, -0.05) is 32.0 Å². The summed E-state index contributed by atoms with van der Waals surface area (Å²) >= 11 is 0. The molecule has 0 atom stereocenters. The summed E-state index contributed by atoms with van der Waals surface area (Å²) in [5.41, 5.74) is 7.36. The maximum absolute atomic E-state index is 11.0. The molecule has 0 saturated heterocycles. The minimum absolute atomic E-state index is 0.252. The number of carboxylic acids is 1. The van der Waals surface area contributed by atoms with E-state index in [1.807, 2.05) is 38.1 Å². The van der Waals surface area contributed by atoms with E-state index in [4.69, 9.17) is 10.8 Å². The molecule has 17 heavy (non-hydrogen) atoms. The van der Waals surface area contributed by atoms with Crippen LogP contribution in [0.3, 0.4) is 0 Å². The lowest BCUT2D eigenvalue weighted by molar-refractivity contribution is 0.0690. The molecule has 0 saturated carbocycles. The summed E-state index contributed by atoms with van der Waals surface area (Å²) in [7, 11) is 0. The minimum atomic E-state index is -0.936. The molecule has 0 spiro atoms. The molecule has 4 N–H and O–H groups in total. The second-order valence-corrected chi connectivity index (χ2v) is 3.37. The smallest absolute Gasteiger partial charge is 0.352 e. The van der Waals surface area contributed by atoms with E-state index >= 15 is 0 Å². The first-order valence-corrected chi connectivity index (χ1v) is 5.77. The summed E-state index contributed by atoms with van der Waals surface area (Å²) in [5, 5.41) is 9.97. The second-order valence-electron chi connectivity index (χ2n) is 3.37. The molecule has 4 nitrogen and oxygen atoms in total. The van der Waals surface area contributed by atoms with Gasteiger partial charge in [0, 0.05) is 10.9 Å². The van der Waals surface area contributed by atoms with Crippen LogP contribution in [0.5, 0.6) is 0 Å². The first-order chi connectivity index (χ1) is 8.24. The van der Waals surface area contributed by atoms with Crippen LogP contribution in [0.2, 0.25) is 0 Å². The van der Waals surface area contributed by atoms with Gasteiger partial charge >= 0.3 is 5.97 Å². The van der Waals surface area contributed by atoms with E-state index < -0.39 is 5.97 Å². The Morgan fingerprint density at radius 1 is 1.35 bits per heavy atom. The molecule has 2 aromatic rings. The highest BCUT2D eigenvalue weighted by molar-refractivity contribution is 5.97. The standard InChI is InChI=1S/C11H12N2O2.C2H6/c12-6-5-8-7-3-1-2-4-9(7)13-10(8)11(14)15;1-2/h1-4,13H,5-6,12H2,(H,14,15);1-2H3. The number of H-pyrrole nitrogens is 1. The van der Waals surface area contributed by atoms with Gasteiger partial charge in [-0.25, -0.2) is 4.79 Å². The van der Waals surface area contributed by atoms with E-state index in [1.165, 1.54) is 0 Å². The lowest BCUT2D eigenvalue weighted by Crippen LogP contribution is -2.07. The number of hydrogen-bond donors (Lipinski definition) is 3. The molecular weight excluding hydrogens is 216 g/mol. The number of nitrogens with one attached hydrogen (secondary N) is 1. The van der Waals surface area contributed by atoms with Gasteiger partial charge in [0.2, 0.25) is 0 Å². The third kappa shape index (κ3) is 2.65. The Kier molecular flexibility index (Phi) is 4.72. The number of carboxylic acid groups (broad SMARTS) is 1. The maximum atomic E-state index is 11.0. The predicted molar refractivity (Wildman–Crippen MR) is 69.4 cm³/mol. The first-order valence-electron chi connectivity index (χ1n) is 5.77. The normalized spacial score (nSPS) is 9.82. The van der Waals surface area contributed by atoms with E-state index in [1.54, 1.807) is 0 Å². The predicted octanol–water partition coefficient (Wildman–Crippen LogP) is 2.39. The van der Waals surface area contributed by atoms with Crippen LogP contribution < -0.4 is 5.73 Å². The van der Waals surface area contributed by atoms with Crippen LogP contribution in [0.1, 0.15) is 29.9 Å². The third-order valence-electron chi connectivity index (χ3n) is 2.42. The van der Waals surface area contributed by atoms with Crippen molar-refractivity contribution in [3.63, 3.8) is 0 Å². The molecular formula is C13H18N2O2. The number of carbonyl (C=O) groups is 1. The molecule has 0 amide bonds. The quantitative estimate of drug-likeness (QED) is 0.763. The molecule has 0 bridgehead atoms. The number of aromatic amines is 1. The van der Waals surface area contributed by atoms with E-state index in [9.17, 15) is 4.79 Å². The molecule has 0 radical (unpaired) electrons. The Morgan fingerprint density at radius 3 is 2.59 bits per heavy atom. The molecule has 2 rings (SSSR count). The number of aromatic carboxylic acids is 1. The lowest BCUT2D eigenvalue weighted by Gasteiger charge is -1.97. The molecule has 0 aliphatic carbocycles. The number of benzene rings is 1. The van der Waals surface area contributed by atoms with Gasteiger partial charge < -0.3 is 15.8 Å². The number of aromatic nitrogens is 1. The van der Waals surface area contributed by atoms with Crippen molar-refractivity contribution in [3.8, 4) is 0 Å². The van der Waals surface area contributed by atoms with Crippen molar-refractivity contribution < 1.29 is 9.90 Å². The fraction of sp³-hybridized carbons (Fsp3) is 0.308. The first kappa shape index (κ1) is 13.3. The van der Waals surface area contributed by atoms with Gasteiger partial charge in [0.25, 0.3) is 0 Å². The number of rotatable bonds is 3. The van der Waals surface area contributed by atoms with E-state index in [-0.39, 0.29) is 5.69 Å². The average molecular weight is 234 g/mol. The molecule has 92 valence electrons. The van der Waals surface area contributed by atoms with Gasteiger partial charge in [0.05, 0.1) is 0 Å². The zero-order valence-corrected chi connectivity index (χ0v) is 10.2. The van der Waals surface area contributed by atoms with Gasteiger partial charge in [-0.2, -0.15) is 0 Å². The van der Waals surface area contributed by atoms with Gasteiger partial charge in [0.1, 0.15) is 5.69 Å². The number of nitrogens with two attached hydrogens (primary N) is 1. The van der Waals surface area contributed by atoms with Crippen LogP contribution in [0.25, 0.3) is 10.9 Å². The third-order valence-corrected chi connectivity index (χ3v) is 2.42. The summed E-state index contributed by atoms with van der Waals surface area (Å²) in [6, 6.07) is 7.53. The Morgan fingerprint density at radius 2 is 2.00 bits per heavy atom. The monoisotopic (exact) mass is 234 g/mol. The second kappa shape index (κ2) is 6.06. The zero-order valence-electron chi connectivity index (χ0n) is 10.2. The van der Waals surface area contributed by atoms with Crippen molar-refractivity contribution in [1.29, 1.82) is 0 Å². The van der Waals surface area contributed by atoms with E-state index in [0.717, 1.165) is 16.5 Å². The Hall–Kier alpha value is -1.81. The fourth-order valence-electron chi connectivity index (χ4n) is 1.79. The van der Waals surface area contributed by atoms with Crippen LogP contribution in [-0.2, 0) is 6.42 Å². The van der Waals surface area contributed by atoms with Gasteiger partial charge in [-0.3, -0.25) is 0 Å². The van der Waals surface area contributed by atoms with Crippen molar-refractivity contribution >= 4 is 16.9 Å². The van der Waals surface area contributed by atoms with Crippen LogP contribution in [0.15, 0.2) is 24.3 Å². The summed E-state index contributed by atoms with van der Waals surface area (Å²) in [6.45, 7) is 4.45. The molecule has 0 aliphatic rings. The van der Waals surface area contributed by atoms with Crippen LogP contribution in [0.4, 0.5) is 0 Å². The Bertz CT molecular complexity index is 503. The molecule has 1 aromatic carbocycles. The maximum Gasteiger partial charge on any atom is 0.352 e. The minimum Gasteiger partial charge on any atom is -0.477 e. The Balaban J connectivity index is 0.000000686. The highest BCUT2D eigenvalue weighted by Crippen LogP contribution is 2.22. The Labute approximate surface area is 100 Å². The van der Waals surface area contributed by atoms with Crippen molar-refractivity contribution in [1.82, 2.24) is 4.98 Å². The number of para-hydroxylation sites is 1. The van der Waals surface area contributed by atoms with Gasteiger partial charge in [-0.05, 0) is 24.6 Å². The largest absolute Gasteiger partial charge is 0.477 e. The molecule has 1 heterocycles. The summed E-state index contributed by atoms with van der Waals surface area (Å²) in [5.74, 6) is -0.936. The highest BCUT2D eigenvalue weighted by Gasteiger charge is 2.15. The lowest BCUT2D eigenvalue weighted by atomic mass is 10.1. The number of hydrogen-bond acceptors (Lipinski definition) is 2. The van der Waals surface area contributed by atoms with Crippen molar-refractivity contribution in [2.45, 2.75) is 20.3 Å². The summed E-state index contributed by atoms with van der Waals surface area (Å²) < 4.78 is 0. The van der Waals surface area contributed by atoms with E-state index in [0.29, 0.717) is 13.0 Å². The van der Waals surface area contributed by atoms with Crippen LogP contribution in [-0.4, -0.2) is 22.6 Å². The van der Waals surface area contributed by atoms with Crippen LogP contribution >= 0.6 is 0 Å². The number of fused-ring (bicyclic) bond motifs is 1. The van der Waals surface area contributed by atoms with Crippen molar-refractivity contribution in [3.05, 3.63) is 35.5 Å². The SMILES string of the molecule is CC.NCCc1c(C(=O)O)[nH]c2ccccc12. The van der Waals surface area contributed by atoms with E-state index in [2.05, 4.69) is 4.98 Å².